The fraction of sp³-hybridized carbons (Fsp3) is 0.423. The lowest BCUT2D eigenvalue weighted by Gasteiger charge is -2.11. The molecule has 0 aromatic heterocycles. The molecular formula is C26H31F3O2. The lowest BCUT2D eigenvalue weighted by Crippen LogP contribution is -2.05. The number of carbonyl (C=O) groups is 1. The predicted octanol–water partition coefficient (Wildman–Crippen LogP) is 7.96. The Morgan fingerprint density at radius 2 is 1.58 bits per heavy atom. The molecule has 0 radical (unpaired) electrons. The highest BCUT2D eigenvalue weighted by Crippen LogP contribution is 2.31. The summed E-state index contributed by atoms with van der Waals surface area (Å²) in [7, 11) is 0. The largest absolute Gasteiger partial charge is 0.493 e. The molecule has 0 aliphatic rings. The first-order valence-electron chi connectivity index (χ1n) is 11.0. The number of para-hydroxylation sites is 1. The Bertz CT molecular complexity index is 841. The summed E-state index contributed by atoms with van der Waals surface area (Å²) in [6.07, 6.45) is 7.33. The molecule has 168 valence electrons. The summed E-state index contributed by atoms with van der Waals surface area (Å²) in [6, 6.07) is 12.0. The van der Waals surface area contributed by atoms with Crippen LogP contribution in [0.4, 0.5) is 13.2 Å². The maximum Gasteiger partial charge on any atom is 0.416 e. The molecule has 0 N–H and O–H groups in total. The first kappa shape index (κ1) is 24.7. The van der Waals surface area contributed by atoms with Gasteiger partial charge in [-0.25, -0.2) is 0 Å². The molecule has 0 saturated carbocycles. The van der Waals surface area contributed by atoms with Gasteiger partial charge in [-0.15, -0.1) is 0 Å². The van der Waals surface area contributed by atoms with E-state index in [4.69, 9.17) is 4.74 Å². The zero-order chi connectivity index (χ0) is 22.5. The first-order valence-corrected chi connectivity index (χ1v) is 11.0. The number of aldehydes is 1. The van der Waals surface area contributed by atoms with Gasteiger partial charge in [0.1, 0.15) is 5.75 Å². The number of allylic oxidation sites excluding steroid dienone is 1. The molecule has 0 bridgehead atoms. The molecule has 5 heteroatoms. The van der Waals surface area contributed by atoms with Crippen LogP contribution in [0.15, 0.2) is 48.5 Å². The van der Waals surface area contributed by atoms with Crippen LogP contribution in [-0.2, 0) is 11.0 Å². The standard InChI is InChI=1S/C26H31F3O2/c1-2-3-4-5-6-7-8-11-17-31-25-16-10-9-13-22(25)18-23(20-30)21-14-12-15-24(19-21)26(27,28)29/h9-10,12-16,18-20H,2-8,11,17H2,1H3. The molecule has 2 aromatic carbocycles. The van der Waals surface area contributed by atoms with Crippen molar-refractivity contribution in [2.75, 3.05) is 6.61 Å². The van der Waals surface area contributed by atoms with E-state index < -0.39 is 11.7 Å². The zero-order valence-electron chi connectivity index (χ0n) is 18.1. The first-order chi connectivity index (χ1) is 15.0. The summed E-state index contributed by atoms with van der Waals surface area (Å²) in [5.74, 6) is 0.622. The van der Waals surface area contributed by atoms with Gasteiger partial charge in [-0.1, -0.05) is 82.2 Å². The second kappa shape index (κ2) is 13.0. The quantitative estimate of drug-likeness (QED) is 0.139. The molecule has 0 aliphatic carbocycles. The molecule has 0 fully saturated rings. The summed E-state index contributed by atoms with van der Waals surface area (Å²) in [5.41, 5.74) is 0.287. The Hall–Kier alpha value is -2.56. The smallest absolute Gasteiger partial charge is 0.416 e. The van der Waals surface area contributed by atoms with Crippen molar-refractivity contribution in [3.8, 4) is 5.75 Å². The van der Waals surface area contributed by atoms with Crippen LogP contribution in [0.5, 0.6) is 5.75 Å². The van der Waals surface area contributed by atoms with Gasteiger partial charge in [-0.3, -0.25) is 4.79 Å². The van der Waals surface area contributed by atoms with Crippen LogP contribution in [0.3, 0.4) is 0 Å². The number of halogens is 3. The number of carbonyl (C=O) groups excluding carboxylic acids is 1. The van der Waals surface area contributed by atoms with E-state index in [-0.39, 0.29) is 11.1 Å². The SMILES string of the molecule is CCCCCCCCCCOc1ccccc1C=C(C=O)c1cccc(C(F)(F)F)c1. The minimum absolute atomic E-state index is 0.175. The molecule has 0 saturated heterocycles. The summed E-state index contributed by atoms with van der Waals surface area (Å²) >= 11 is 0. The van der Waals surface area contributed by atoms with Gasteiger partial charge in [-0.2, -0.15) is 13.2 Å². The Kier molecular flexibility index (Phi) is 10.3. The second-order valence-electron chi connectivity index (χ2n) is 7.66. The minimum atomic E-state index is -4.46. The van der Waals surface area contributed by atoms with Crippen LogP contribution >= 0.6 is 0 Å². The van der Waals surface area contributed by atoms with Gasteiger partial charge >= 0.3 is 6.18 Å². The zero-order valence-corrected chi connectivity index (χ0v) is 18.1. The highest BCUT2D eigenvalue weighted by Gasteiger charge is 2.30. The third kappa shape index (κ3) is 8.60. The fourth-order valence-electron chi connectivity index (χ4n) is 3.38. The topological polar surface area (TPSA) is 26.3 Å². The maximum absolute atomic E-state index is 13.0. The number of ether oxygens (including phenoxy) is 1. The molecule has 0 aliphatic heterocycles. The molecule has 0 spiro atoms. The third-order valence-corrected chi connectivity index (χ3v) is 5.14. The van der Waals surface area contributed by atoms with E-state index >= 15 is 0 Å². The molecule has 2 rings (SSSR count). The average molecular weight is 433 g/mol. The lowest BCUT2D eigenvalue weighted by molar-refractivity contribution is -0.137. The normalized spacial score (nSPS) is 12.1. The monoisotopic (exact) mass is 432 g/mol. The second-order valence-corrected chi connectivity index (χ2v) is 7.66. The molecule has 31 heavy (non-hydrogen) atoms. The lowest BCUT2D eigenvalue weighted by atomic mass is 10.0. The van der Waals surface area contributed by atoms with Gasteiger partial charge in [0.2, 0.25) is 0 Å². The summed E-state index contributed by atoms with van der Waals surface area (Å²) in [6.45, 7) is 2.78. The van der Waals surface area contributed by atoms with E-state index in [1.54, 1.807) is 12.1 Å². The van der Waals surface area contributed by atoms with E-state index in [1.165, 1.54) is 50.7 Å². The van der Waals surface area contributed by atoms with E-state index in [9.17, 15) is 18.0 Å². The maximum atomic E-state index is 13.0. The highest BCUT2D eigenvalue weighted by molar-refractivity contribution is 6.13. The van der Waals surface area contributed by atoms with Crippen molar-refractivity contribution in [2.24, 2.45) is 0 Å². The number of unbranched alkanes of at least 4 members (excludes halogenated alkanes) is 7. The van der Waals surface area contributed by atoms with E-state index in [0.29, 0.717) is 24.2 Å². The molecular weight excluding hydrogens is 401 g/mol. The Labute approximate surface area is 183 Å². The van der Waals surface area contributed by atoms with Gasteiger partial charge in [0.15, 0.2) is 6.29 Å². The fourth-order valence-corrected chi connectivity index (χ4v) is 3.38. The highest BCUT2D eigenvalue weighted by atomic mass is 19.4. The van der Waals surface area contributed by atoms with Crippen molar-refractivity contribution in [1.29, 1.82) is 0 Å². The van der Waals surface area contributed by atoms with Gasteiger partial charge in [0.25, 0.3) is 0 Å². The van der Waals surface area contributed by atoms with Gasteiger partial charge in [-0.05, 0) is 36.3 Å². The number of rotatable bonds is 13. The van der Waals surface area contributed by atoms with E-state index in [1.807, 2.05) is 18.2 Å². The summed E-state index contributed by atoms with van der Waals surface area (Å²) in [4.78, 5) is 11.6. The Morgan fingerprint density at radius 3 is 2.26 bits per heavy atom. The van der Waals surface area contributed by atoms with Gasteiger partial charge in [0.05, 0.1) is 12.2 Å². The van der Waals surface area contributed by atoms with Crippen LogP contribution in [0.1, 0.15) is 75.0 Å². The molecule has 2 aromatic rings. The van der Waals surface area contributed by atoms with E-state index in [0.717, 1.165) is 25.0 Å². The number of hydrogen-bond donors (Lipinski definition) is 0. The predicted molar refractivity (Wildman–Crippen MR) is 120 cm³/mol. The molecule has 0 heterocycles. The van der Waals surface area contributed by atoms with Crippen molar-refractivity contribution in [3.63, 3.8) is 0 Å². The molecule has 2 nitrogen and oxygen atoms in total. The number of hydrogen-bond acceptors (Lipinski definition) is 2. The van der Waals surface area contributed by atoms with Crippen molar-refractivity contribution >= 4 is 17.9 Å². The van der Waals surface area contributed by atoms with Crippen LogP contribution in [-0.4, -0.2) is 12.9 Å². The summed E-state index contributed by atoms with van der Waals surface area (Å²) < 4.78 is 44.9. The Balaban J connectivity index is 1.99. The molecule has 0 amide bonds. The van der Waals surface area contributed by atoms with Crippen LogP contribution < -0.4 is 4.74 Å². The molecule has 0 atom stereocenters. The minimum Gasteiger partial charge on any atom is -0.493 e. The van der Waals surface area contributed by atoms with Crippen molar-refractivity contribution < 1.29 is 22.7 Å². The van der Waals surface area contributed by atoms with Gasteiger partial charge < -0.3 is 4.74 Å². The van der Waals surface area contributed by atoms with Crippen molar-refractivity contribution in [2.45, 2.75) is 64.5 Å². The van der Waals surface area contributed by atoms with Crippen LogP contribution in [0.25, 0.3) is 11.6 Å². The molecule has 0 unspecified atom stereocenters. The number of alkyl halides is 3. The van der Waals surface area contributed by atoms with Crippen LogP contribution in [0.2, 0.25) is 0 Å². The number of benzene rings is 2. The third-order valence-electron chi connectivity index (χ3n) is 5.14. The van der Waals surface area contributed by atoms with E-state index in [2.05, 4.69) is 6.92 Å². The van der Waals surface area contributed by atoms with Gasteiger partial charge in [0, 0.05) is 11.1 Å². The van der Waals surface area contributed by atoms with Crippen molar-refractivity contribution in [3.05, 3.63) is 65.2 Å². The summed E-state index contributed by atoms with van der Waals surface area (Å²) in [5, 5.41) is 0. The average Bonchev–Trinajstić information content (AvgIpc) is 2.76. The van der Waals surface area contributed by atoms with Crippen LogP contribution in [0, 0.1) is 0 Å². The van der Waals surface area contributed by atoms with Crippen molar-refractivity contribution in [1.82, 2.24) is 0 Å². The Morgan fingerprint density at radius 1 is 0.903 bits per heavy atom.